The molecule has 4 atom stereocenters. The number of nitriles is 1. The number of hydrogen-bond donors (Lipinski definition) is 2. The summed E-state index contributed by atoms with van der Waals surface area (Å²) in [5.74, 6) is -1.43. The van der Waals surface area contributed by atoms with Gasteiger partial charge in [0.2, 0.25) is 0 Å². The Bertz CT molecular complexity index is 434. The molecule has 2 fully saturated rings. The minimum absolute atomic E-state index is 0.197. The lowest BCUT2D eigenvalue weighted by molar-refractivity contribution is -0.214. The van der Waals surface area contributed by atoms with Crippen molar-refractivity contribution < 1.29 is 28.8 Å². The molecule has 8 heteroatoms. The van der Waals surface area contributed by atoms with E-state index in [-0.39, 0.29) is 6.54 Å². The van der Waals surface area contributed by atoms with Crippen LogP contribution in [-0.4, -0.2) is 61.2 Å². The lowest BCUT2D eigenvalue weighted by Crippen LogP contribution is -2.60. The molecule has 0 radical (unpaired) electrons. The van der Waals surface area contributed by atoms with E-state index in [4.69, 9.17) is 14.2 Å². The third-order valence-corrected chi connectivity index (χ3v) is 3.42. The number of rotatable bonds is 4. The zero-order chi connectivity index (χ0) is 15.0. The fourth-order valence-electron chi connectivity index (χ4n) is 2.46. The second kappa shape index (κ2) is 5.27. The van der Waals surface area contributed by atoms with Gasteiger partial charge in [0.15, 0.2) is 17.6 Å². The van der Waals surface area contributed by atoms with Crippen molar-refractivity contribution >= 4 is 5.97 Å². The van der Waals surface area contributed by atoms with Crippen LogP contribution in [0.1, 0.15) is 13.8 Å². The van der Waals surface area contributed by atoms with Crippen LogP contribution in [0.2, 0.25) is 0 Å². The van der Waals surface area contributed by atoms with Gasteiger partial charge >= 0.3 is 5.97 Å². The predicted molar refractivity (Wildman–Crippen MR) is 64.1 cm³/mol. The highest BCUT2D eigenvalue weighted by Gasteiger charge is 2.64. The first-order chi connectivity index (χ1) is 9.38. The average Bonchev–Trinajstić information content (AvgIpc) is 2.86. The molecule has 0 aromatic carbocycles. The molecule has 0 saturated carbocycles. The van der Waals surface area contributed by atoms with E-state index in [1.54, 1.807) is 13.8 Å². The Balaban J connectivity index is 2.23. The molecular formula is C12H18N2O6. The van der Waals surface area contributed by atoms with Gasteiger partial charge in [-0.1, -0.05) is 0 Å². The summed E-state index contributed by atoms with van der Waals surface area (Å²) in [6, 6.07) is 2.06. The second-order valence-corrected chi connectivity index (χ2v) is 5.14. The number of ether oxygens (including phenoxy) is 4. The first-order valence-corrected chi connectivity index (χ1v) is 6.23. The molecule has 2 N–H and O–H groups in total. The smallest absolute Gasteiger partial charge is 0.319 e. The topological polar surface area (TPSA) is 110 Å². The van der Waals surface area contributed by atoms with E-state index in [0.29, 0.717) is 0 Å². The number of carbonyl (C=O) groups excluding carboxylic acids is 1. The van der Waals surface area contributed by atoms with Gasteiger partial charge in [0.05, 0.1) is 26.3 Å². The van der Waals surface area contributed by atoms with Crippen LogP contribution in [0.4, 0.5) is 0 Å². The van der Waals surface area contributed by atoms with Crippen molar-refractivity contribution in [3.8, 4) is 6.07 Å². The summed E-state index contributed by atoms with van der Waals surface area (Å²) in [7, 11) is 1.25. The van der Waals surface area contributed by atoms with Gasteiger partial charge in [-0.15, -0.1) is 0 Å². The van der Waals surface area contributed by atoms with Crippen LogP contribution in [0.3, 0.4) is 0 Å². The van der Waals surface area contributed by atoms with Gasteiger partial charge in [0.25, 0.3) is 0 Å². The van der Waals surface area contributed by atoms with Crippen molar-refractivity contribution in [2.24, 2.45) is 0 Å². The van der Waals surface area contributed by atoms with Crippen LogP contribution in [0.25, 0.3) is 0 Å². The van der Waals surface area contributed by atoms with Crippen molar-refractivity contribution in [3.63, 3.8) is 0 Å². The number of aliphatic hydroxyl groups is 1. The maximum Gasteiger partial charge on any atom is 0.319 e. The predicted octanol–water partition coefficient (Wildman–Crippen LogP) is -1.12. The molecule has 2 aliphatic rings. The Labute approximate surface area is 116 Å². The average molecular weight is 286 g/mol. The van der Waals surface area contributed by atoms with E-state index in [1.165, 1.54) is 7.11 Å². The summed E-state index contributed by atoms with van der Waals surface area (Å²) in [6.07, 6.45) is -2.38. The van der Waals surface area contributed by atoms with Crippen molar-refractivity contribution in [1.29, 1.82) is 5.26 Å². The van der Waals surface area contributed by atoms with Gasteiger partial charge in [0.1, 0.15) is 12.2 Å². The van der Waals surface area contributed by atoms with Crippen molar-refractivity contribution in [3.05, 3.63) is 0 Å². The normalized spacial score (nSPS) is 38.2. The monoisotopic (exact) mass is 286 g/mol. The van der Waals surface area contributed by atoms with E-state index in [0.717, 1.165) is 0 Å². The van der Waals surface area contributed by atoms with Crippen molar-refractivity contribution in [1.82, 2.24) is 5.32 Å². The molecule has 2 saturated heterocycles. The Morgan fingerprint density at radius 2 is 2.20 bits per heavy atom. The van der Waals surface area contributed by atoms with Crippen molar-refractivity contribution in [2.75, 3.05) is 20.3 Å². The summed E-state index contributed by atoms with van der Waals surface area (Å²) < 4.78 is 21.3. The summed E-state index contributed by atoms with van der Waals surface area (Å²) in [5.41, 5.74) is -1.37. The van der Waals surface area contributed by atoms with Crippen LogP contribution in [0, 0.1) is 11.3 Å². The van der Waals surface area contributed by atoms with Crippen LogP contribution < -0.4 is 5.32 Å². The third-order valence-electron chi connectivity index (χ3n) is 3.42. The van der Waals surface area contributed by atoms with Crippen molar-refractivity contribution in [2.45, 2.75) is 43.7 Å². The molecule has 8 nitrogen and oxygen atoms in total. The second-order valence-electron chi connectivity index (χ2n) is 5.14. The number of nitrogens with zero attached hydrogens (tertiary/aromatic N) is 1. The minimum atomic E-state index is -1.37. The molecule has 112 valence electrons. The van der Waals surface area contributed by atoms with E-state index in [2.05, 4.69) is 16.1 Å². The van der Waals surface area contributed by atoms with Gasteiger partial charge in [-0.2, -0.15) is 5.26 Å². The van der Waals surface area contributed by atoms with Crippen LogP contribution in [-0.2, 0) is 23.7 Å². The number of aliphatic hydroxyl groups excluding tert-OH is 1. The maximum atomic E-state index is 11.3. The van der Waals surface area contributed by atoms with Gasteiger partial charge in [-0.3, -0.25) is 10.1 Å². The van der Waals surface area contributed by atoms with Gasteiger partial charge < -0.3 is 24.1 Å². The molecule has 0 aromatic heterocycles. The molecule has 0 aliphatic carbocycles. The van der Waals surface area contributed by atoms with Gasteiger partial charge in [-0.25, -0.2) is 0 Å². The first-order valence-electron chi connectivity index (χ1n) is 6.23. The Morgan fingerprint density at radius 1 is 1.50 bits per heavy atom. The Morgan fingerprint density at radius 3 is 2.75 bits per heavy atom. The quantitative estimate of drug-likeness (QED) is 0.625. The van der Waals surface area contributed by atoms with E-state index >= 15 is 0 Å². The molecule has 2 rings (SSSR count). The summed E-state index contributed by atoms with van der Waals surface area (Å²) in [5, 5.41) is 21.7. The zero-order valence-corrected chi connectivity index (χ0v) is 11.6. The van der Waals surface area contributed by atoms with Crippen LogP contribution in [0.15, 0.2) is 0 Å². The highest BCUT2D eigenvalue weighted by atomic mass is 16.8. The SMILES string of the molecule is COC(=O)CN[C@]1(C#N)[C@@H](CO)O[C@@H]2OC(C)(C)O[C@@H]21. The maximum absolute atomic E-state index is 11.3. The lowest BCUT2D eigenvalue weighted by atomic mass is 9.90. The molecular weight excluding hydrogens is 268 g/mol. The number of carbonyl (C=O) groups is 1. The highest BCUT2D eigenvalue weighted by molar-refractivity contribution is 5.71. The third kappa shape index (κ3) is 2.39. The highest BCUT2D eigenvalue weighted by Crippen LogP contribution is 2.42. The molecule has 0 aromatic rings. The fourth-order valence-corrected chi connectivity index (χ4v) is 2.46. The lowest BCUT2D eigenvalue weighted by Gasteiger charge is -2.32. The van der Waals surface area contributed by atoms with E-state index in [1.807, 2.05) is 0 Å². The molecule has 0 spiro atoms. The van der Waals surface area contributed by atoms with E-state index < -0.39 is 42.4 Å². The number of esters is 1. The Hall–Kier alpha value is -1.24. The van der Waals surface area contributed by atoms with E-state index in [9.17, 15) is 15.2 Å². The minimum Gasteiger partial charge on any atom is -0.468 e. The first kappa shape index (κ1) is 15.2. The standard InChI is InChI=1S/C12H18N2O6/c1-11(2)19-9-10(20-11)18-7(5-15)12(9,6-13)14-4-8(16)17-3/h7,9-10,14-15H,4-5H2,1-3H3/t7-,9+,10-,12-/m1/s1. The summed E-state index contributed by atoms with van der Waals surface area (Å²) in [6.45, 7) is 2.80. The largest absolute Gasteiger partial charge is 0.468 e. The zero-order valence-electron chi connectivity index (χ0n) is 11.6. The van der Waals surface area contributed by atoms with Crippen LogP contribution in [0.5, 0.6) is 0 Å². The van der Waals surface area contributed by atoms with Crippen LogP contribution >= 0.6 is 0 Å². The molecule has 2 aliphatic heterocycles. The number of nitrogens with one attached hydrogen (secondary N) is 1. The fraction of sp³-hybridized carbons (Fsp3) is 0.833. The number of hydrogen-bond acceptors (Lipinski definition) is 8. The molecule has 0 unspecified atom stereocenters. The molecule has 20 heavy (non-hydrogen) atoms. The molecule has 0 amide bonds. The number of methoxy groups -OCH3 is 1. The number of fused-ring (bicyclic) bond motifs is 1. The van der Waals surface area contributed by atoms with Gasteiger partial charge in [-0.05, 0) is 13.8 Å². The molecule has 2 heterocycles. The Kier molecular flexibility index (Phi) is 4.00. The van der Waals surface area contributed by atoms with Gasteiger partial charge in [0, 0.05) is 0 Å². The molecule has 0 bridgehead atoms. The summed E-state index contributed by atoms with van der Waals surface area (Å²) in [4.78, 5) is 11.3. The summed E-state index contributed by atoms with van der Waals surface area (Å²) >= 11 is 0.